The minimum absolute atomic E-state index is 0.0965. The fraction of sp³-hybridized carbons (Fsp3) is 0.200. The summed E-state index contributed by atoms with van der Waals surface area (Å²) in [5.74, 6) is -1.10. The third-order valence-electron chi connectivity index (χ3n) is 4.68. The standard InChI is InChI=1S/C20H17F2N3O/c21-17-5-6-19(22)16(9-17)13-25-20(26)10-18(11-23-25)24-8-7-14-3-1-2-4-15(14)12-24/h1-6,9-11H,7-8,12-13H2. The van der Waals surface area contributed by atoms with Crippen molar-refractivity contribution in [2.45, 2.75) is 19.5 Å². The Kier molecular flexibility index (Phi) is 4.24. The summed E-state index contributed by atoms with van der Waals surface area (Å²) in [6, 6.07) is 12.9. The lowest BCUT2D eigenvalue weighted by Crippen LogP contribution is -2.32. The van der Waals surface area contributed by atoms with Gasteiger partial charge in [-0.05, 0) is 35.7 Å². The molecule has 0 amide bonds. The average molecular weight is 353 g/mol. The van der Waals surface area contributed by atoms with E-state index in [4.69, 9.17) is 0 Å². The van der Waals surface area contributed by atoms with E-state index in [1.54, 1.807) is 6.20 Å². The number of aromatic nitrogens is 2. The Morgan fingerprint density at radius 2 is 1.85 bits per heavy atom. The van der Waals surface area contributed by atoms with Gasteiger partial charge in [-0.15, -0.1) is 0 Å². The molecule has 6 heteroatoms. The SMILES string of the molecule is O=c1cc(N2CCc3ccccc3C2)cnn1Cc1cc(F)ccc1F. The molecule has 1 aromatic heterocycles. The highest BCUT2D eigenvalue weighted by molar-refractivity contribution is 5.47. The normalized spacial score (nSPS) is 13.5. The molecule has 0 saturated carbocycles. The van der Waals surface area contributed by atoms with E-state index in [1.165, 1.54) is 17.2 Å². The molecule has 0 aliphatic carbocycles. The zero-order chi connectivity index (χ0) is 18.1. The van der Waals surface area contributed by atoms with Crippen LogP contribution in [0.2, 0.25) is 0 Å². The van der Waals surface area contributed by atoms with Crippen molar-refractivity contribution in [3.63, 3.8) is 0 Å². The third kappa shape index (κ3) is 3.22. The first-order valence-electron chi connectivity index (χ1n) is 8.43. The van der Waals surface area contributed by atoms with Crippen LogP contribution in [0.1, 0.15) is 16.7 Å². The maximum absolute atomic E-state index is 13.8. The van der Waals surface area contributed by atoms with Crippen molar-refractivity contribution >= 4 is 5.69 Å². The number of fused-ring (bicyclic) bond motifs is 1. The summed E-state index contributed by atoms with van der Waals surface area (Å²) in [6.45, 7) is 1.42. The smallest absolute Gasteiger partial charge is 0.269 e. The number of halogens is 2. The van der Waals surface area contributed by atoms with E-state index in [2.05, 4.69) is 22.1 Å². The maximum Gasteiger partial charge on any atom is 0.269 e. The van der Waals surface area contributed by atoms with Crippen molar-refractivity contribution < 1.29 is 8.78 Å². The first kappa shape index (κ1) is 16.4. The fourth-order valence-electron chi connectivity index (χ4n) is 3.26. The van der Waals surface area contributed by atoms with Crippen molar-refractivity contribution in [3.05, 3.63) is 93.4 Å². The van der Waals surface area contributed by atoms with E-state index in [0.717, 1.165) is 48.1 Å². The van der Waals surface area contributed by atoms with E-state index in [9.17, 15) is 13.6 Å². The van der Waals surface area contributed by atoms with Gasteiger partial charge in [0.2, 0.25) is 0 Å². The van der Waals surface area contributed by atoms with Crippen molar-refractivity contribution in [2.24, 2.45) is 0 Å². The molecule has 26 heavy (non-hydrogen) atoms. The van der Waals surface area contributed by atoms with Crippen LogP contribution in [0.5, 0.6) is 0 Å². The first-order valence-corrected chi connectivity index (χ1v) is 8.43. The molecule has 0 N–H and O–H groups in total. The number of nitrogens with zero attached hydrogens (tertiary/aromatic N) is 3. The number of hydrogen-bond donors (Lipinski definition) is 0. The summed E-state index contributed by atoms with van der Waals surface area (Å²) in [5, 5.41) is 4.15. The highest BCUT2D eigenvalue weighted by Gasteiger charge is 2.17. The summed E-state index contributed by atoms with van der Waals surface area (Å²) in [5.41, 5.74) is 3.06. The zero-order valence-electron chi connectivity index (χ0n) is 14.0. The van der Waals surface area contributed by atoms with Gasteiger partial charge in [0.15, 0.2) is 0 Å². The van der Waals surface area contributed by atoms with E-state index in [-0.39, 0.29) is 17.7 Å². The molecule has 0 atom stereocenters. The molecule has 4 nitrogen and oxygen atoms in total. The number of anilines is 1. The van der Waals surface area contributed by atoms with Gasteiger partial charge in [0.1, 0.15) is 11.6 Å². The summed E-state index contributed by atoms with van der Waals surface area (Å²) >= 11 is 0. The number of hydrogen-bond acceptors (Lipinski definition) is 3. The maximum atomic E-state index is 13.8. The fourth-order valence-corrected chi connectivity index (χ4v) is 3.26. The molecular weight excluding hydrogens is 336 g/mol. The minimum atomic E-state index is -0.559. The van der Waals surface area contributed by atoms with Gasteiger partial charge in [-0.25, -0.2) is 13.5 Å². The van der Waals surface area contributed by atoms with Gasteiger partial charge in [0.25, 0.3) is 5.56 Å². The van der Waals surface area contributed by atoms with Gasteiger partial charge >= 0.3 is 0 Å². The molecule has 0 saturated heterocycles. The highest BCUT2D eigenvalue weighted by atomic mass is 19.1. The molecule has 0 radical (unpaired) electrons. The summed E-state index contributed by atoms with van der Waals surface area (Å²) in [7, 11) is 0. The Bertz CT molecular complexity index is 1020. The quantitative estimate of drug-likeness (QED) is 0.726. The largest absolute Gasteiger partial charge is 0.365 e. The van der Waals surface area contributed by atoms with Crippen LogP contribution in [0.15, 0.2) is 59.5 Å². The molecule has 1 aliphatic heterocycles. The molecule has 0 spiro atoms. The predicted molar refractivity (Wildman–Crippen MR) is 95.2 cm³/mol. The van der Waals surface area contributed by atoms with Crippen LogP contribution in [0, 0.1) is 11.6 Å². The summed E-state index contributed by atoms with van der Waals surface area (Å²) < 4.78 is 28.2. The molecule has 2 aromatic carbocycles. The minimum Gasteiger partial charge on any atom is -0.365 e. The van der Waals surface area contributed by atoms with Crippen molar-refractivity contribution in [3.8, 4) is 0 Å². The first-order chi connectivity index (χ1) is 12.6. The summed E-state index contributed by atoms with van der Waals surface area (Å²) in [6.07, 6.45) is 2.51. The van der Waals surface area contributed by atoms with E-state index in [1.807, 2.05) is 12.1 Å². The average Bonchev–Trinajstić information content (AvgIpc) is 2.66. The van der Waals surface area contributed by atoms with Crippen molar-refractivity contribution in [1.82, 2.24) is 9.78 Å². The molecule has 1 aliphatic rings. The molecule has 0 unspecified atom stereocenters. The molecule has 0 bridgehead atoms. The summed E-state index contributed by atoms with van der Waals surface area (Å²) in [4.78, 5) is 14.5. The topological polar surface area (TPSA) is 38.1 Å². The van der Waals surface area contributed by atoms with E-state index >= 15 is 0 Å². The molecule has 3 aromatic rings. The monoisotopic (exact) mass is 353 g/mol. The van der Waals surface area contributed by atoms with Crippen LogP contribution < -0.4 is 10.5 Å². The second-order valence-corrected chi connectivity index (χ2v) is 6.39. The van der Waals surface area contributed by atoms with Gasteiger partial charge < -0.3 is 4.90 Å². The van der Waals surface area contributed by atoms with Gasteiger partial charge in [-0.3, -0.25) is 4.79 Å². The van der Waals surface area contributed by atoms with E-state index in [0.29, 0.717) is 0 Å². The van der Waals surface area contributed by atoms with Crippen LogP contribution in [-0.2, 0) is 19.5 Å². The second-order valence-electron chi connectivity index (χ2n) is 6.39. The Labute approximate surface area is 149 Å². The molecule has 4 rings (SSSR count). The molecule has 132 valence electrons. The van der Waals surface area contributed by atoms with Gasteiger partial charge in [-0.2, -0.15) is 5.10 Å². The van der Waals surface area contributed by atoms with Crippen LogP contribution in [0.4, 0.5) is 14.5 Å². The van der Waals surface area contributed by atoms with Crippen LogP contribution in [-0.4, -0.2) is 16.3 Å². The number of benzene rings is 2. The van der Waals surface area contributed by atoms with Crippen molar-refractivity contribution in [1.29, 1.82) is 0 Å². The highest BCUT2D eigenvalue weighted by Crippen LogP contribution is 2.22. The Morgan fingerprint density at radius 1 is 1.04 bits per heavy atom. The number of rotatable bonds is 3. The molecule has 0 fully saturated rings. The van der Waals surface area contributed by atoms with Crippen molar-refractivity contribution in [2.75, 3.05) is 11.4 Å². The van der Waals surface area contributed by atoms with Crippen LogP contribution >= 0.6 is 0 Å². The van der Waals surface area contributed by atoms with E-state index < -0.39 is 11.6 Å². The lowest BCUT2D eigenvalue weighted by atomic mass is 10.00. The Balaban J connectivity index is 1.57. The predicted octanol–water partition coefficient (Wildman–Crippen LogP) is 3.13. The van der Waals surface area contributed by atoms with Gasteiger partial charge in [0, 0.05) is 24.7 Å². The third-order valence-corrected chi connectivity index (χ3v) is 4.68. The lowest BCUT2D eigenvalue weighted by Gasteiger charge is -2.30. The zero-order valence-corrected chi connectivity index (χ0v) is 14.0. The molecular formula is C20H17F2N3O. The Morgan fingerprint density at radius 3 is 2.65 bits per heavy atom. The second kappa shape index (κ2) is 6.71. The van der Waals surface area contributed by atoms with Crippen LogP contribution in [0.25, 0.3) is 0 Å². The van der Waals surface area contributed by atoms with Crippen LogP contribution in [0.3, 0.4) is 0 Å². The lowest BCUT2D eigenvalue weighted by molar-refractivity contribution is 0.556. The van der Waals surface area contributed by atoms with Gasteiger partial charge in [0.05, 0.1) is 18.4 Å². The molecule has 2 heterocycles. The van der Waals surface area contributed by atoms with Gasteiger partial charge in [-0.1, -0.05) is 24.3 Å². The Hall–Kier alpha value is -3.02.